The lowest BCUT2D eigenvalue weighted by molar-refractivity contribution is 0.102. The summed E-state index contributed by atoms with van der Waals surface area (Å²) in [5.74, 6) is 3.58. The van der Waals surface area contributed by atoms with Crippen LogP contribution in [0, 0.1) is 17.7 Å². The van der Waals surface area contributed by atoms with Gasteiger partial charge in [0.15, 0.2) is 0 Å². The summed E-state index contributed by atoms with van der Waals surface area (Å²) >= 11 is 0. The van der Waals surface area contributed by atoms with Crippen LogP contribution in [0.5, 0.6) is 5.75 Å². The van der Waals surface area contributed by atoms with E-state index >= 15 is 0 Å². The fraction of sp³-hybridized carbons (Fsp3) is 0.0667. The molecule has 1 aromatic heterocycles. The lowest BCUT2D eigenvalue weighted by Gasteiger charge is -2.08. The Morgan fingerprint density at radius 2 is 2.19 bits per heavy atom. The first-order valence-electron chi connectivity index (χ1n) is 5.95. The first kappa shape index (κ1) is 14.5. The van der Waals surface area contributed by atoms with Crippen LogP contribution < -0.4 is 5.32 Å². The summed E-state index contributed by atoms with van der Waals surface area (Å²) in [4.78, 5) is 15.7. The van der Waals surface area contributed by atoms with E-state index in [9.17, 15) is 14.3 Å². The van der Waals surface area contributed by atoms with Crippen molar-refractivity contribution in [3.63, 3.8) is 0 Å². The van der Waals surface area contributed by atoms with Gasteiger partial charge in [-0.2, -0.15) is 0 Å². The number of amides is 1. The number of aromatic nitrogens is 1. The summed E-state index contributed by atoms with van der Waals surface area (Å²) in [6.07, 6.45) is 2.51. The van der Waals surface area contributed by atoms with Crippen molar-refractivity contribution in [1.82, 2.24) is 4.98 Å². The summed E-state index contributed by atoms with van der Waals surface area (Å²) in [5.41, 5.74) is 0.542. The van der Waals surface area contributed by atoms with E-state index in [4.69, 9.17) is 5.11 Å². The SMILES string of the molecule is O=C(Nc1ccc(F)cc1C#CCO)c1ccncc1O. The zero-order valence-electron chi connectivity index (χ0n) is 10.8. The zero-order chi connectivity index (χ0) is 15.2. The van der Waals surface area contributed by atoms with Crippen LogP contribution in [0.25, 0.3) is 0 Å². The van der Waals surface area contributed by atoms with Crippen molar-refractivity contribution < 1.29 is 19.4 Å². The van der Waals surface area contributed by atoms with E-state index in [1.807, 2.05) is 0 Å². The average molecular weight is 286 g/mol. The van der Waals surface area contributed by atoms with Gasteiger partial charge in [0.05, 0.1) is 23.0 Å². The van der Waals surface area contributed by atoms with Crippen LogP contribution in [-0.2, 0) is 0 Å². The summed E-state index contributed by atoms with van der Waals surface area (Å²) in [6.45, 7) is -0.380. The fourth-order valence-corrected chi connectivity index (χ4v) is 1.63. The minimum absolute atomic E-state index is 0.0374. The number of aliphatic hydroxyl groups excluding tert-OH is 1. The molecule has 0 unspecified atom stereocenters. The molecule has 21 heavy (non-hydrogen) atoms. The second kappa shape index (κ2) is 6.50. The number of carbonyl (C=O) groups is 1. The highest BCUT2D eigenvalue weighted by molar-refractivity contribution is 6.06. The van der Waals surface area contributed by atoms with Gasteiger partial charge in [0.2, 0.25) is 0 Å². The highest BCUT2D eigenvalue weighted by atomic mass is 19.1. The third kappa shape index (κ3) is 3.55. The molecule has 0 saturated carbocycles. The number of nitrogens with zero attached hydrogens (tertiary/aromatic N) is 1. The van der Waals surface area contributed by atoms with Crippen molar-refractivity contribution in [3.05, 3.63) is 53.6 Å². The summed E-state index contributed by atoms with van der Waals surface area (Å²) in [7, 11) is 0. The molecule has 1 aromatic carbocycles. The predicted molar refractivity (Wildman–Crippen MR) is 74.2 cm³/mol. The molecule has 0 bridgehead atoms. The maximum Gasteiger partial charge on any atom is 0.259 e. The van der Waals surface area contributed by atoms with Crippen LogP contribution in [0.1, 0.15) is 15.9 Å². The molecule has 0 atom stereocenters. The number of carbonyl (C=O) groups excluding carboxylic acids is 1. The van der Waals surface area contributed by atoms with Crippen LogP contribution in [0.2, 0.25) is 0 Å². The number of aliphatic hydroxyl groups is 1. The van der Waals surface area contributed by atoms with Gasteiger partial charge in [-0.3, -0.25) is 9.78 Å². The number of rotatable bonds is 2. The van der Waals surface area contributed by atoms with Crippen molar-refractivity contribution >= 4 is 11.6 Å². The third-order valence-corrected chi connectivity index (χ3v) is 2.58. The first-order valence-corrected chi connectivity index (χ1v) is 5.95. The quantitative estimate of drug-likeness (QED) is 0.731. The molecule has 0 fully saturated rings. The molecule has 0 radical (unpaired) electrons. The minimum Gasteiger partial charge on any atom is -0.505 e. The Morgan fingerprint density at radius 1 is 1.38 bits per heavy atom. The topological polar surface area (TPSA) is 82.5 Å². The van der Waals surface area contributed by atoms with Gasteiger partial charge in [-0.05, 0) is 24.3 Å². The highest BCUT2D eigenvalue weighted by Gasteiger charge is 2.12. The maximum atomic E-state index is 13.2. The molecule has 1 heterocycles. The number of benzene rings is 1. The molecular weight excluding hydrogens is 275 g/mol. The van der Waals surface area contributed by atoms with Crippen LogP contribution >= 0.6 is 0 Å². The molecule has 6 heteroatoms. The molecule has 2 rings (SSSR count). The molecule has 2 aromatic rings. The molecule has 0 aliphatic heterocycles. The van der Waals surface area contributed by atoms with Gasteiger partial charge in [-0.25, -0.2) is 4.39 Å². The van der Waals surface area contributed by atoms with Gasteiger partial charge >= 0.3 is 0 Å². The number of nitrogens with one attached hydrogen (secondary N) is 1. The van der Waals surface area contributed by atoms with Gasteiger partial charge in [0.1, 0.15) is 18.2 Å². The Hall–Kier alpha value is -2.91. The van der Waals surface area contributed by atoms with Crippen LogP contribution in [0.3, 0.4) is 0 Å². The van der Waals surface area contributed by atoms with Crippen molar-refractivity contribution in [2.24, 2.45) is 0 Å². The van der Waals surface area contributed by atoms with E-state index in [2.05, 4.69) is 22.1 Å². The Kier molecular flexibility index (Phi) is 4.49. The molecular formula is C15H11FN2O3. The second-order valence-electron chi connectivity index (χ2n) is 4.00. The molecule has 1 amide bonds. The lowest BCUT2D eigenvalue weighted by atomic mass is 10.1. The number of pyridine rings is 1. The van der Waals surface area contributed by atoms with Gasteiger partial charge in [-0.1, -0.05) is 11.8 Å². The Balaban J connectivity index is 2.31. The smallest absolute Gasteiger partial charge is 0.259 e. The van der Waals surface area contributed by atoms with E-state index in [0.29, 0.717) is 0 Å². The minimum atomic E-state index is -0.575. The van der Waals surface area contributed by atoms with Gasteiger partial charge in [0.25, 0.3) is 5.91 Å². The van der Waals surface area contributed by atoms with Gasteiger partial charge in [-0.15, -0.1) is 0 Å². The number of hydrogen-bond donors (Lipinski definition) is 3. The monoisotopic (exact) mass is 286 g/mol. The largest absolute Gasteiger partial charge is 0.505 e. The Bertz CT molecular complexity index is 735. The summed E-state index contributed by atoms with van der Waals surface area (Å²) in [5, 5.41) is 20.8. The normalized spacial score (nSPS) is 9.62. The second-order valence-corrected chi connectivity index (χ2v) is 4.00. The fourth-order valence-electron chi connectivity index (χ4n) is 1.63. The lowest BCUT2D eigenvalue weighted by Crippen LogP contribution is -2.13. The average Bonchev–Trinajstić information content (AvgIpc) is 2.47. The molecule has 0 spiro atoms. The predicted octanol–water partition coefficient (Wildman–Crippen LogP) is 1.52. The van der Waals surface area contributed by atoms with Crippen molar-refractivity contribution in [2.75, 3.05) is 11.9 Å². The van der Waals surface area contributed by atoms with Crippen molar-refractivity contribution in [3.8, 4) is 17.6 Å². The van der Waals surface area contributed by atoms with Crippen LogP contribution in [-0.4, -0.2) is 27.7 Å². The van der Waals surface area contributed by atoms with E-state index < -0.39 is 11.7 Å². The first-order chi connectivity index (χ1) is 10.1. The highest BCUT2D eigenvalue weighted by Crippen LogP contribution is 2.20. The molecule has 5 nitrogen and oxygen atoms in total. The van der Waals surface area contributed by atoms with E-state index in [1.165, 1.54) is 24.4 Å². The number of anilines is 1. The summed E-state index contributed by atoms with van der Waals surface area (Å²) in [6, 6.07) is 5.02. The molecule has 0 saturated heterocycles. The van der Waals surface area contributed by atoms with Gasteiger partial charge in [0, 0.05) is 6.20 Å². The maximum absolute atomic E-state index is 13.2. The Morgan fingerprint density at radius 3 is 2.90 bits per heavy atom. The van der Waals surface area contributed by atoms with E-state index in [1.54, 1.807) is 0 Å². The van der Waals surface area contributed by atoms with E-state index in [0.717, 1.165) is 12.3 Å². The van der Waals surface area contributed by atoms with Crippen LogP contribution in [0.4, 0.5) is 10.1 Å². The standard InChI is InChI=1S/C15H11FN2O3/c16-11-3-4-13(10(8-11)2-1-7-19)18-15(21)12-5-6-17-9-14(12)20/h3-6,8-9,19-20H,7H2,(H,18,21). The molecule has 3 N–H and O–H groups in total. The Labute approximate surface area is 120 Å². The number of aromatic hydroxyl groups is 1. The summed E-state index contributed by atoms with van der Waals surface area (Å²) < 4.78 is 13.2. The third-order valence-electron chi connectivity index (χ3n) is 2.58. The molecule has 0 aliphatic rings. The van der Waals surface area contributed by atoms with Crippen molar-refractivity contribution in [2.45, 2.75) is 0 Å². The molecule has 106 valence electrons. The molecule has 0 aliphatic carbocycles. The van der Waals surface area contributed by atoms with Gasteiger partial charge < -0.3 is 15.5 Å². The zero-order valence-corrected chi connectivity index (χ0v) is 10.8. The van der Waals surface area contributed by atoms with Crippen LogP contribution in [0.15, 0.2) is 36.7 Å². The van der Waals surface area contributed by atoms with E-state index in [-0.39, 0.29) is 29.2 Å². The number of halogens is 1. The number of hydrogen-bond acceptors (Lipinski definition) is 4. The van der Waals surface area contributed by atoms with Crippen molar-refractivity contribution in [1.29, 1.82) is 0 Å².